The second-order valence-corrected chi connectivity index (χ2v) is 16.6. The van der Waals surface area contributed by atoms with Crippen molar-refractivity contribution in [2.45, 2.75) is 109 Å². The average Bonchev–Trinajstić information content (AvgIpc) is 4.03. The molecule has 0 spiro atoms. The van der Waals surface area contributed by atoms with Crippen molar-refractivity contribution in [3.63, 3.8) is 0 Å². The largest absolute Gasteiger partial charge is 0.192 e. The molecule has 294 valence electrons. The molecule has 0 unspecified atom stereocenters. The molecule has 2 aromatic heterocycles. The summed E-state index contributed by atoms with van der Waals surface area (Å²) in [6.45, 7) is 4.53. The van der Waals surface area contributed by atoms with Gasteiger partial charge in [-0.25, -0.2) is 0 Å². The zero-order chi connectivity index (χ0) is 41.2. The van der Waals surface area contributed by atoms with E-state index in [1.165, 1.54) is 86.5 Å². The Kier molecular flexibility index (Phi) is 13.3. The Hall–Kier alpha value is -6.04. The van der Waals surface area contributed by atoms with Crippen LogP contribution in [0.5, 0.6) is 0 Å². The lowest BCUT2D eigenvalue weighted by Crippen LogP contribution is -2.25. The minimum Gasteiger partial charge on any atom is -0.192 e. The van der Waals surface area contributed by atoms with Crippen molar-refractivity contribution in [2.75, 3.05) is 0 Å². The van der Waals surface area contributed by atoms with E-state index in [0.717, 1.165) is 82.4 Å². The summed E-state index contributed by atoms with van der Waals surface area (Å²) in [6, 6.07) is 29.7. The minimum absolute atomic E-state index is 0.0302. The van der Waals surface area contributed by atoms with Crippen molar-refractivity contribution < 1.29 is 0 Å². The van der Waals surface area contributed by atoms with Crippen LogP contribution in [0.2, 0.25) is 0 Å². The molecule has 0 fully saturated rings. The first-order valence-corrected chi connectivity index (χ1v) is 22.3. The van der Waals surface area contributed by atoms with E-state index in [9.17, 15) is 21.0 Å². The molecular weight excluding hydrogens is 765 g/mol. The van der Waals surface area contributed by atoms with E-state index in [0.29, 0.717) is 22.2 Å². The Labute approximate surface area is 355 Å². The van der Waals surface area contributed by atoms with Crippen LogP contribution in [0.3, 0.4) is 0 Å². The van der Waals surface area contributed by atoms with Gasteiger partial charge in [-0.05, 0) is 70.5 Å². The quantitative estimate of drug-likeness (QED) is 0.0615. The van der Waals surface area contributed by atoms with Crippen LogP contribution in [0.4, 0.5) is 0 Å². The second kappa shape index (κ2) is 19.1. The van der Waals surface area contributed by atoms with Crippen molar-refractivity contribution >= 4 is 57.7 Å². The van der Waals surface area contributed by atoms with E-state index in [-0.39, 0.29) is 16.6 Å². The lowest BCUT2D eigenvalue weighted by molar-refractivity contribution is 0.398. The van der Waals surface area contributed by atoms with Gasteiger partial charge in [0.2, 0.25) is 0 Å². The molecule has 10 heteroatoms. The molecule has 0 N–H and O–H groups in total. The molecule has 59 heavy (non-hydrogen) atoms. The highest BCUT2D eigenvalue weighted by Gasteiger charge is 2.43. The van der Waals surface area contributed by atoms with Gasteiger partial charge < -0.3 is 0 Å². The Morgan fingerprint density at radius 1 is 0.492 bits per heavy atom. The zero-order valence-electron chi connectivity index (χ0n) is 33.7. The fourth-order valence-electron chi connectivity index (χ4n) is 8.87. The first-order chi connectivity index (χ1) is 29.0. The van der Waals surface area contributed by atoms with Crippen molar-refractivity contribution in [3.8, 4) is 57.7 Å². The van der Waals surface area contributed by atoms with Crippen LogP contribution in [0.1, 0.15) is 126 Å². The van der Waals surface area contributed by atoms with Gasteiger partial charge >= 0.3 is 0 Å². The molecule has 2 heterocycles. The van der Waals surface area contributed by atoms with Crippen LogP contribution in [-0.4, -0.2) is 17.5 Å². The molecule has 0 saturated heterocycles. The number of fused-ring (bicyclic) bond motifs is 5. The number of nitrogens with zero attached hydrogens (tertiary/aromatic N) is 8. The number of nitriles is 4. The van der Waals surface area contributed by atoms with Gasteiger partial charge in [-0.3, -0.25) is 0 Å². The van der Waals surface area contributed by atoms with E-state index in [1.54, 1.807) is 12.2 Å². The fourth-order valence-corrected chi connectivity index (χ4v) is 10.0. The molecule has 0 radical (unpaired) electrons. The van der Waals surface area contributed by atoms with E-state index in [4.69, 9.17) is 8.75 Å². The van der Waals surface area contributed by atoms with Crippen molar-refractivity contribution in [1.82, 2.24) is 17.5 Å². The van der Waals surface area contributed by atoms with Gasteiger partial charge in [-0.1, -0.05) is 139 Å². The molecule has 1 aliphatic rings. The molecule has 0 atom stereocenters. The maximum atomic E-state index is 9.46. The van der Waals surface area contributed by atoms with E-state index < -0.39 is 0 Å². The SMILES string of the molecule is CCCCCCCCC1(CCCCCCCC)c2cc(-c3ccc(C=C(C#N)C#N)c4nsnc34)ccc2-c2ccc(-c3ccc(C=C(C#N)C#N)c4nsnc34)cc21. The summed E-state index contributed by atoms with van der Waals surface area (Å²) in [5, 5.41) is 37.8. The predicted molar refractivity (Wildman–Crippen MR) is 240 cm³/mol. The third kappa shape index (κ3) is 8.44. The molecule has 8 nitrogen and oxygen atoms in total. The number of hydrogen-bond acceptors (Lipinski definition) is 10. The Bertz CT molecular complexity index is 2510. The van der Waals surface area contributed by atoms with Gasteiger partial charge in [-0.15, -0.1) is 0 Å². The second-order valence-electron chi connectivity index (χ2n) is 15.5. The van der Waals surface area contributed by atoms with Crippen LogP contribution in [0, 0.1) is 45.3 Å². The highest BCUT2D eigenvalue weighted by atomic mass is 32.1. The summed E-state index contributed by atoms with van der Waals surface area (Å²) < 4.78 is 18.7. The van der Waals surface area contributed by atoms with E-state index in [1.807, 2.05) is 36.4 Å². The number of unbranched alkanes of at least 4 members (excludes halogenated alkanes) is 10. The first-order valence-electron chi connectivity index (χ1n) is 20.8. The predicted octanol–water partition coefficient (Wildman–Crippen LogP) is 13.7. The van der Waals surface area contributed by atoms with Gasteiger partial charge in [0, 0.05) is 27.7 Å². The van der Waals surface area contributed by atoms with Gasteiger partial charge in [0.15, 0.2) is 0 Å². The molecule has 7 rings (SSSR count). The van der Waals surface area contributed by atoms with E-state index in [2.05, 4.69) is 71.1 Å². The summed E-state index contributed by atoms with van der Waals surface area (Å²) in [4.78, 5) is 0. The van der Waals surface area contributed by atoms with Crippen LogP contribution in [0.25, 0.3) is 67.6 Å². The van der Waals surface area contributed by atoms with Crippen molar-refractivity contribution in [2.24, 2.45) is 0 Å². The molecular formula is C49H46N8S2. The van der Waals surface area contributed by atoms with Crippen LogP contribution in [-0.2, 0) is 5.41 Å². The van der Waals surface area contributed by atoms with Crippen LogP contribution in [0.15, 0.2) is 71.8 Å². The lowest BCUT2D eigenvalue weighted by atomic mass is 9.70. The molecule has 0 aliphatic heterocycles. The fraction of sp³-hybridized carbons (Fsp3) is 0.347. The molecule has 6 aromatic rings. The Balaban J connectivity index is 1.37. The third-order valence-corrected chi connectivity index (χ3v) is 12.9. The molecule has 0 amide bonds. The Morgan fingerprint density at radius 3 is 1.27 bits per heavy atom. The summed E-state index contributed by atoms with van der Waals surface area (Å²) in [7, 11) is 0. The zero-order valence-corrected chi connectivity index (χ0v) is 35.4. The maximum absolute atomic E-state index is 9.46. The smallest absolute Gasteiger partial charge is 0.130 e. The summed E-state index contributed by atoms with van der Waals surface area (Å²) >= 11 is 2.29. The van der Waals surface area contributed by atoms with E-state index >= 15 is 0 Å². The van der Waals surface area contributed by atoms with Crippen molar-refractivity contribution in [1.29, 1.82) is 21.0 Å². The van der Waals surface area contributed by atoms with Crippen LogP contribution < -0.4 is 0 Å². The molecule has 0 saturated carbocycles. The third-order valence-electron chi connectivity index (χ3n) is 11.9. The number of hydrogen-bond donors (Lipinski definition) is 0. The monoisotopic (exact) mass is 810 g/mol. The Morgan fingerprint density at radius 2 is 0.864 bits per heavy atom. The summed E-state index contributed by atoms with van der Waals surface area (Å²) in [5.74, 6) is 0. The number of rotatable bonds is 18. The van der Waals surface area contributed by atoms with Crippen LogP contribution >= 0.6 is 23.5 Å². The highest BCUT2D eigenvalue weighted by Crippen LogP contribution is 2.56. The number of aromatic nitrogens is 4. The van der Waals surface area contributed by atoms with Gasteiger partial charge in [0.25, 0.3) is 0 Å². The highest BCUT2D eigenvalue weighted by molar-refractivity contribution is 7.00. The topological polar surface area (TPSA) is 147 Å². The molecule has 0 bridgehead atoms. The molecule has 4 aromatic carbocycles. The van der Waals surface area contributed by atoms with Crippen molar-refractivity contribution in [3.05, 3.63) is 94.1 Å². The average molecular weight is 811 g/mol. The minimum atomic E-state index is -0.209. The molecule has 1 aliphatic carbocycles. The summed E-state index contributed by atoms with van der Waals surface area (Å²) in [6.07, 6.45) is 19.9. The lowest BCUT2D eigenvalue weighted by Gasteiger charge is -2.33. The standard InChI is InChI=1S/C49H46N8S2/c1-3-5-7-9-11-13-23-49(24-14-12-10-8-6-4-2)43-27-35(39-19-17-37(25-33(29-50)30-51)45-47(39)56-58-54-45)15-21-41(43)42-22-16-36(28-44(42)49)40-20-18-38(26-34(31-52)32-53)46-48(40)57-59-55-46/h15-22,25-28H,3-14,23-24H2,1-2H3. The van der Waals surface area contributed by atoms with Gasteiger partial charge in [0.05, 0.1) is 23.5 Å². The number of allylic oxidation sites excluding steroid dienone is 2. The van der Waals surface area contributed by atoms with Gasteiger partial charge in [-0.2, -0.15) is 38.5 Å². The normalized spacial score (nSPS) is 12.2. The number of benzene rings is 4. The van der Waals surface area contributed by atoms with Gasteiger partial charge in [0.1, 0.15) is 57.5 Å². The maximum Gasteiger partial charge on any atom is 0.130 e. The summed E-state index contributed by atoms with van der Waals surface area (Å²) in [5.41, 5.74) is 13.6. The first kappa shape index (κ1) is 41.1.